The maximum atomic E-state index is 12.2. The molecule has 0 spiro atoms. The second-order valence-corrected chi connectivity index (χ2v) is 8.05. The number of amides is 1. The molecule has 0 N–H and O–H groups in total. The van der Waals surface area contributed by atoms with Gasteiger partial charge in [0.2, 0.25) is 5.88 Å². The molecule has 1 aromatic rings. The Morgan fingerprint density at radius 1 is 1.29 bits per heavy atom. The molecule has 128 valence electrons. The molecule has 0 unspecified atom stereocenters. The van der Waals surface area contributed by atoms with Gasteiger partial charge in [-0.15, -0.1) is 10.2 Å². The number of aromatic nitrogens is 2. The molecule has 0 aromatic carbocycles. The Kier molecular flexibility index (Phi) is 6.56. The molecule has 1 aliphatic heterocycles. The van der Waals surface area contributed by atoms with Crippen LogP contribution >= 0.6 is 15.9 Å². The monoisotopic (exact) mass is 407 g/mol. The second kappa shape index (κ2) is 7.89. The molecule has 1 aromatic heterocycles. The van der Waals surface area contributed by atoms with Crippen molar-refractivity contribution in [2.45, 2.75) is 45.3 Å². The summed E-state index contributed by atoms with van der Waals surface area (Å²) in [7, 11) is 0. The largest absolute Gasteiger partial charge is 1.00 e. The summed E-state index contributed by atoms with van der Waals surface area (Å²) >= 11 is 3.26. The number of carbonyl (C=O) groups is 1. The van der Waals surface area contributed by atoms with Gasteiger partial charge >= 0.3 is 35.7 Å². The van der Waals surface area contributed by atoms with Crippen LogP contribution in [0.25, 0.3) is 0 Å². The van der Waals surface area contributed by atoms with E-state index in [2.05, 4.69) is 26.1 Å². The van der Waals surface area contributed by atoms with E-state index in [0.29, 0.717) is 28.9 Å². The fraction of sp³-hybridized carbons (Fsp3) is 0.688. The van der Waals surface area contributed by atoms with Crippen molar-refractivity contribution >= 4 is 22.0 Å². The average Bonchev–Trinajstić information content (AvgIpc) is 3.01. The molecule has 1 aliphatic carbocycles. The Bertz CT molecular complexity index is 585. The predicted octanol–water partition coefficient (Wildman–Crippen LogP) is 0.380. The van der Waals surface area contributed by atoms with Gasteiger partial charge < -0.3 is 15.8 Å². The molecule has 2 aliphatic rings. The van der Waals surface area contributed by atoms with Crippen molar-refractivity contribution < 1.29 is 45.3 Å². The molecule has 24 heavy (non-hydrogen) atoms. The van der Waals surface area contributed by atoms with Crippen molar-refractivity contribution in [2.24, 2.45) is 11.8 Å². The third kappa shape index (κ3) is 4.84. The van der Waals surface area contributed by atoms with Crippen LogP contribution in [-0.4, -0.2) is 46.0 Å². The minimum Gasteiger partial charge on any atom is -1.00 e. The summed E-state index contributed by atoms with van der Waals surface area (Å²) in [6.45, 7) is 7.11. The van der Waals surface area contributed by atoms with Gasteiger partial charge in [0, 0.05) is 25.1 Å². The van der Waals surface area contributed by atoms with Crippen LogP contribution < -0.4 is 34.3 Å². The number of hydrogen-bond acceptors (Lipinski definition) is 5. The molecule has 0 radical (unpaired) electrons. The minimum atomic E-state index is -0.461. The first-order valence-electron chi connectivity index (χ1n) is 7.95. The van der Waals surface area contributed by atoms with E-state index in [1.165, 1.54) is 0 Å². The number of ether oxygens (including phenoxy) is 2. The number of rotatable bonds is 2. The Hall–Kier alpha value is -0.370. The van der Waals surface area contributed by atoms with Gasteiger partial charge in [0.1, 0.15) is 16.3 Å². The van der Waals surface area contributed by atoms with Crippen molar-refractivity contribution in [1.82, 2.24) is 15.1 Å². The molecular formula is C16H23BrN3NaO3. The van der Waals surface area contributed by atoms with Crippen LogP contribution in [0.2, 0.25) is 0 Å². The van der Waals surface area contributed by atoms with Gasteiger partial charge in [-0.1, -0.05) is 0 Å². The molecule has 0 bridgehead atoms. The Balaban J connectivity index is 0.00000156. The number of likely N-dealkylation sites (tertiary alicyclic amines) is 1. The summed E-state index contributed by atoms with van der Waals surface area (Å²) in [5, 5.41) is 7.98. The number of nitrogens with zero attached hydrogens (tertiary/aromatic N) is 3. The Morgan fingerprint density at radius 3 is 2.67 bits per heavy atom. The summed E-state index contributed by atoms with van der Waals surface area (Å²) in [6, 6.07) is 3.63. The number of fused-ring (bicyclic) bond motifs is 1. The zero-order valence-corrected chi connectivity index (χ0v) is 18.2. The third-order valence-electron chi connectivity index (χ3n) is 4.32. The normalized spacial score (nSPS) is 25.8. The summed E-state index contributed by atoms with van der Waals surface area (Å²) in [6.07, 6.45) is 1.92. The topological polar surface area (TPSA) is 64.5 Å². The Labute approximate surface area is 174 Å². The molecule has 3 rings (SSSR count). The molecule has 3 atom stereocenters. The van der Waals surface area contributed by atoms with Gasteiger partial charge in [0.05, 0.1) is 0 Å². The van der Waals surface area contributed by atoms with Gasteiger partial charge in [-0.3, -0.25) is 0 Å². The molecule has 2 heterocycles. The molecule has 8 heteroatoms. The average molecular weight is 408 g/mol. The van der Waals surface area contributed by atoms with Crippen LogP contribution in [0.15, 0.2) is 16.7 Å². The van der Waals surface area contributed by atoms with E-state index in [9.17, 15) is 4.79 Å². The quantitative estimate of drug-likeness (QED) is 0.663. The number of hydrogen-bond donors (Lipinski definition) is 0. The van der Waals surface area contributed by atoms with E-state index in [-0.39, 0.29) is 43.2 Å². The first kappa shape index (κ1) is 19.9. The maximum absolute atomic E-state index is 12.2. The first-order chi connectivity index (χ1) is 10.8. The SMILES string of the molecule is CC(C)(C)OC(=O)N1C[C@@H]2CC[C@@H](Oc3ccc(Br)nn3)[C@@H]2C1.[H-].[Na+]. The molecule has 6 nitrogen and oxygen atoms in total. The van der Waals surface area contributed by atoms with E-state index >= 15 is 0 Å². The summed E-state index contributed by atoms with van der Waals surface area (Å²) in [5.41, 5.74) is -0.461. The summed E-state index contributed by atoms with van der Waals surface area (Å²) < 4.78 is 12.2. The van der Waals surface area contributed by atoms with Crippen molar-refractivity contribution in [1.29, 1.82) is 0 Å². The zero-order valence-electron chi connectivity index (χ0n) is 15.7. The van der Waals surface area contributed by atoms with E-state index in [4.69, 9.17) is 9.47 Å². The van der Waals surface area contributed by atoms with Gasteiger partial charge in [0.15, 0.2) is 0 Å². The summed E-state index contributed by atoms with van der Waals surface area (Å²) in [5.74, 6) is 1.36. The fourth-order valence-electron chi connectivity index (χ4n) is 3.36. The van der Waals surface area contributed by atoms with Crippen molar-refractivity contribution in [3.05, 3.63) is 16.7 Å². The van der Waals surface area contributed by atoms with E-state index in [1.54, 1.807) is 0 Å². The molecule has 2 fully saturated rings. The van der Waals surface area contributed by atoms with Crippen LogP contribution in [0.4, 0.5) is 4.79 Å². The van der Waals surface area contributed by atoms with Gasteiger partial charge in [-0.25, -0.2) is 4.79 Å². The fourth-order valence-corrected chi connectivity index (χ4v) is 3.57. The van der Waals surface area contributed by atoms with E-state index < -0.39 is 5.60 Å². The van der Waals surface area contributed by atoms with Crippen LogP contribution in [0.1, 0.15) is 35.0 Å². The van der Waals surface area contributed by atoms with Gasteiger partial charge in [-0.2, -0.15) is 0 Å². The first-order valence-corrected chi connectivity index (χ1v) is 8.75. The van der Waals surface area contributed by atoms with Crippen molar-refractivity contribution in [3.8, 4) is 5.88 Å². The smallest absolute Gasteiger partial charge is 1.00 e. The molecule has 1 saturated heterocycles. The van der Waals surface area contributed by atoms with Crippen LogP contribution in [0.5, 0.6) is 5.88 Å². The minimum absolute atomic E-state index is 0. The molecule has 1 saturated carbocycles. The van der Waals surface area contributed by atoms with E-state index in [1.807, 2.05) is 37.8 Å². The molecule has 1 amide bonds. The third-order valence-corrected chi connectivity index (χ3v) is 4.75. The van der Waals surface area contributed by atoms with Gasteiger partial charge in [0.25, 0.3) is 0 Å². The Morgan fingerprint density at radius 2 is 2.04 bits per heavy atom. The summed E-state index contributed by atoms with van der Waals surface area (Å²) in [4.78, 5) is 14.0. The maximum Gasteiger partial charge on any atom is 1.00 e. The number of carbonyl (C=O) groups excluding carboxylic acids is 1. The standard InChI is InChI=1S/C16H22BrN3O3.Na.H/c1-16(2,3)23-15(21)20-8-10-4-5-12(11(10)9-20)22-14-7-6-13(17)18-19-14;;/h6-7,10-12H,4-5,8-9H2,1-3H3;;/q;+1;-1/t10-,11+,12+;;/m0../s1. The van der Waals surface area contributed by atoms with Crippen molar-refractivity contribution in [3.63, 3.8) is 0 Å². The number of halogens is 1. The molecular weight excluding hydrogens is 385 g/mol. The van der Waals surface area contributed by atoms with Gasteiger partial charge in [-0.05, 0) is 61.5 Å². The van der Waals surface area contributed by atoms with Crippen molar-refractivity contribution in [2.75, 3.05) is 13.1 Å². The van der Waals surface area contributed by atoms with Crippen LogP contribution in [0.3, 0.4) is 0 Å². The van der Waals surface area contributed by atoms with Crippen LogP contribution in [0, 0.1) is 11.8 Å². The zero-order chi connectivity index (χ0) is 16.6. The second-order valence-electron chi connectivity index (χ2n) is 7.24. The van der Waals surface area contributed by atoms with E-state index in [0.717, 1.165) is 19.4 Å². The predicted molar refractivity (Wildman–Crippen MR) is 89.3 cm³/mol. The van der Waals surface area contributed by atoms with Crippen LogP contribution in [-0.2, 0) is 4.74 Å².